The van der Waals surface area contributed by atoms with Gasteiger partial charge in [-0.25, -0.2) is 9.97 Å². The van der Waals surface area contributed by atoms with Gasteiger partial charge in [0.05, 0.1) is 11.9 Å². The maximum Gasteiger partial charge on any atom is 0.233 e. The molecule has 4 heteroatoms. The number of nitrogens with zero attached hydrogens (tertiary/aromatic N) is 3. The van der Waals surface area contributed by atoms with Gasteiger partial charge in [-0.2, -0.15) is 0 Å². The van der Waals surface area contributed by atoms with Crippen LogP contribution < -0.4 is 5.32 Å². The lowest BCUT2D eigenvalue weighted by molar-refractivity contribution is 0.503. The first kappa shape index (κ1) is 11.1. The van der Waals surface area contributed by atoms with Crippen molar-refractivity contribution in [3.63, 3.8) is 0 Å². The molecule has 0 saturated carbocycles. The summed E-state index contributed by atoms with van der Waals surface area (Å²) < 4.78 is 2.02. The zero-order valence-electron chi connectivity index (χ0n) is 9.85. The van der Waals surface area contributed by atoms with Gasteiger partial charge in [-0.05, 0) is 19.4 Å². The van der Waals surface area contributed by atoms with Gasteiger partial charge in [-0.3, -0.25) is 4.40 Å². The van der Waals surface area contributed by atoms with Crippen LogP contribution in [-0.2, 0) is 6.54 Å². The fourth-order valence-electron chi connectivity index (χ4n) is 1.82. The summed E-state index contributed by atoms with van der Waals surface area (Å²) in [4.78, 5) is 8.44. The number of nitrogens with one attached hydrogen (secondary N) is 1. The summed E-state index contributed by atoms with van der Waals surface area (Å²) in [6, 6.07) is 2.47. The fourth-order valence-corrected chi connectivity index (χ4v) is 1.82. The van der Waals surface area contributed by atoms with Crippen molar-refractivity contribution in [2.75, 3.05) is 0 Å². The van der Waals surface area contributed by atoms with Crippen molar-refractivity contribution in [3.8, 4) is 0 Å². The minimum absolute atomic E-state index is 0.548. The average molecular weight is 218 g/mol. The lowest BCUT2D eigenvalue weighted by Gasteiger charge is -2.11. The lowest BCUT2D eigenvalue weighted by Crippen LogP contribution is -2.25. The summed E-state index contributed by atoms with van der Waals surface area (Å²) in [6.07, 6.45) is 8.06. The van der Waals surface area contributed by atoms with E-state index < -0.39 is 0 Å². The summed E-state index contributed by atoms with van der Waals surface area (Å²) in [5.74, 6) is 0.766. The van der Waals surface area contributed by atoms with Crippen LogP contribution in [0.15, 0.2) is 24.7 Å². The molecule has 86 valence electrons. The molecular weight excluding hydrogens is 200 g/mol. The van der Waals surface area contributed by atoms with Crippen molar-refractivity contribution < 1.29 is 0 Å². The number of hydrogen-bond acceptors (Lipinski definition) is 3. The molecule has 0 aliphatic heterocycles. The highest BCUT2D eigenvalue weighted by Crippen LogP contribution is 2.04. The zero-order valence-corrected chi connectivity index (χ0v) is 9.85. The third kappa shape index (κ3) is 2.39. The Morgan fingerprint density at radius 3 is 3.12 bits per heavy atom. The Hall–Kier alpha value is -1.42. The van der Waals surface area contributed by atoms with E-state index in [0.717, 1.165) is 18.0 Å². The van der Waals surface area contributed by atoms with Gasteiger partial charge in [-0.15, -0.1) is 0 Å². The van der Waals surface area contributed by atoms with Gasteiger partial charge in [0.1, 0.15) is 0 Å². The number of imidazole rings is 1. The highest BCUT2D eigenvalue weighted by Gasteiger charge is 2.04. The molecule has 2 aromatic heterocycles. The maximum atomic E-state index is 4.25. The smallest absolute Gasteiger partial charge is 0.233 e. The predicted molar refractivity (Wildman–Crippen MR) is 64.2 cm³/mol. The molecule has 1 unspecified atom stereocenters. The van der Waals surface area contributed by atoms with Crippen molar-refractivity contribution in [2.24, 2.45) is 0 Å². The fraction of sp³-hybridized carbons (Fsp3) is 0.500. The van der Waals surface area contributed by atoms with Crippen molar-refractivity contribution in [1.82, 2.24) is 19.7 Å². The summed E-state index contributed by atoms with van der Waals surface area (Å²) in [7, 11) is 0. The van der Waals surface area contributed by atoms with E-state index in [2.05, 4.69) is 29.1 Å². The molecule has 2 heterocycles. The Morgan fingerprint density at radius 1 is 1.44 bits per heavy atom. The van der Waals surface area contributed by atoms with Crippen LogP contribution in [0.3, 0.4) is 0 Å². The maximum absolute atomic E-state index is 4.25. The van der Waals surface area contributed by atoms with Crippen LogP contribution in [0.4, 0.5) is 0 Å². The van der Waals surface area contributed by atoms with Crippen LogP contribution in [-0.4, -0.2) is 20.4 Å². The monoisotopic (exact) mass is 218 g/mol. The van der Waals surface area contributed by atoms with Crippen LogP contribution in [0.2, 0.25) is 0 Å². The van der Waals surface area contributed by atoms with E-state index in [9.17, 15) is 0 Å². The van der Waals surface area contributed by atoms with Crippen LogP contribution in [0.25, 0.3) is 5.78 Å². The quantitative estimate of drug-likeness (QED) is 0.834. The van der Waals surface area contributed by atoms with E-state index in [-0.39, 0.29) is 0 Å². The van der Waals surface area contributed by atoms with Gasteiger partial charge < -0.3 is 5.32 Å². The Kier molecular flexibility index (Phi) is 3.51. The van der Waals surface area contributed by atoms with Crippen molar-refractivity contribution in [3.05, 3.63) is 30.4 Å². The molecule has 0 saturated heterocycles. The predicted octanol–water partition coefficient (Wildman–Crippen LogP) is 2.01. The van der Waals surface area contributed by atoms with Gasteiger partial charge in [0.25, 0.3) is 0 Å². The number of fused-ring (bicyclic) bond motifs is 1. The molecule has 0 amide bonds. The highest BCUT2D eigenvalue weighted by molar-refractivity contribution is 5.30. The first-order valence-corrected chi connectivity index (χ1v) is 5.81. The van der Waals surface area contributed by atoms with Crippen LogP contribution >= 0.6 is 0 Å². The molecule has 0 aromatic carbocycles. The molecule has 0 aliphatic carbocycles. The van der Waals surface area contributed by atoms with Crippen molar-refractivity contribution in [2.45, 2.75) is 39.3 Å². The second-order valence-electron chi connectivity index (χ2n) is 4.11. The van der Waals surface area contributed by atoms with Gasteiger partial charge in [0.2, 0.25) is 5.78 Å². The van der Waals surface area contributed by atoms with Crippen molar-refractivity contribution in [1.29, 1.82) is 0 Å². The Bertz CT molecular complexity index is 449. The molecule has 4 nitrogen and oxygen atoms in total. The summed E-state index contributed by atoms with van der Waals surface area (Å²) in [6.45, 7) is 5.26. The first-order valence-electron chi connectivity index (χ1n) is 5.81. The molecule has 2 aromatic rings. The lowest BCUT2D eigenvalue weighted by atomic mass is 10.2. The van der Waals surface area contributed by atoms with E-state index >= 15 is 0 Å². The van der Waals surface area contributed by atoms with Crippen molar-refractivity contribution >= 4 is 5.78 Å². The molecule has 2 rings (SSSR count). The minimum Gasteiger partial charge on any atom is -0.309 e. The molecule has 0 spiro atoms. The Morgan fingerprint density at radius 2 is 2.31 bits per heavy atom. The molecule has 0 radical (unpaired) electrons. The third-order valence-electron chi connectivity index (χ3n) is 2.72. The molecule has 0 bridgehead atoms. The van der Waals surface area contributed by atoms with Gasteiger partial charge in [0, 0.05) is 25.0 Å². The minimum atomic E-state index is 0.548. The van der Waals surface area contributed by atoms with E-state index in [1.165, 1.54) is 12.8 Å². The highest BCUT2D eigenvalue weighted by atomic mass is 15.1. The molecular formula is C12H18N4. The van der Waals surface area contributed by atoms with E-state index in [0.29, 0.717) is 6.04 Å². The van der Waals surface area contributed by atoms with E-state index in [4.69, 9.17) is 0 Å². The molecule has 16 heavy (non-hydrogen) atoms. The molecule has 0 fully saturated rings. The number of hydrogen-bond donors (Lipinski definition) is 1. The summed E-state index contributed by atoms with van der Waals surface area (Å²) >= 11 is 0. The standard InChI is InChI=1S/C12H18N4/c1-3-5-10(2)14-8-11-9-15-12-13-6-4-7-16(11)12/h4,6-7,9-10,14H,3,5,8H2,1-2H3. The summed E-state index contributed by atoms with van der Waals surface area (Å²) in [5, 5.41) is 3.49. The van der Waals surface area contributed by atoms with Gasteiger partial charge in [0.15, 0.2) is 0 Å². The largest absolute Gasteiger partial charge is 0.309 e. The normalized spacial score (nSPS) is 13.1. The van der Waals surface area contributed by atoms with Crippen LogP contribution in [0, 0.1) is 0 Å². The van der Waals surface area contributed by atoms with Crippen LogP contribution in [0.5, 0.6) is 0 Å². The summed E-state index contributed by atoms with van der Waals surface area (Å²) in [5.41, 5.74) is 1.16. The Labute approximate surface area is 95.7 Å². The average Bonchev–Trinajstić information content (AvgIpc) is 2.70. The Balaban J connectivity index is 2.04. The molecule has 0 aliphatic rings. The van der Waals surface area contributed by atoms with Gasteiger partial charge >= 0.3 is 0 Å². The third-order valence-corrected chi connectivity index (χ3v) is 2.72. The number of rotatable bonds is 5. The second kappa shape index (κ2) is 5.07. The topological polar surface area (TPSA) is 42.2 Å². The number of aromatic nitrogens is 3. The molecule has 1 N–H and O–H groups in total. The first-order chi connectivity index (χ1) is 7.81. The van der Waals surface area contributed by atoms with Crippen LogP contribution in [0.1, 0.15) is 32.4 Å². The second-order valence-corrected chi connectivity index (χ2v) is 4.11. The molecule has 1 atom stereocenters. The van der Waals surface area contributed by atoms with Gasteiger partial charge in [-0.1, -0.05) is 13.3 Å². The van der Waals surface area contributed by atoms with E-state index in [1.54, 1.807) is 6.20 Å². The zero-order chi connectivity index (χ0) is 11.4. The van der Waals surface area contributed by atoms with E-state index in [1.807, 2.05) is 22.9 Å². The SMILES string of the molecule is CCCC(C)NCc1cnc2ncccn12.